The van der Waals surface area contributed by atoms with Gasteiger partial charge in [-0.15, -0.1) is 10.2 Å². The number of halogens is 1. The van der Waals surface area contributed by atoms with Crippen molar-refractivity contribution in [2.24, 2.45) is 10.9 Å². The van der Waals surface area contributed by atoms with Crippen LogP contribution in [0, 0.1) is 11.7 Å². The van der Waals surface area contributed by atoms with E-state index in [2.05, 4.69) is 49.2 Å². The Balaban J connectivity index is 1.44. The summed E-state index contributed by atoms with van der Waals surface area (Å²) in [5.74, 6) is 2.14. The van der Waals surface area contributed by atoms with Crippen molar-refractivity contribution in [1.29, 1.82) is 0 Å². The molecular formula is C22H32FN7S. The minimum Gasteiger partial charge on any atom is -0.361 e. The first-order chi connectivity index (χ1) is 15.0. The molecule has 0 atom stereocenters. The van der Waals surface area contributed by atoms with Gasteiger partial charge in [0.1, 0.15) is 11.6 Å². The van der Waals surface area contributed by atoms with Crippen LogP contribution in [-0.2, 0) is 19.4 Å². The summed E-state index contributed by atoms with van der Waals surface area (Å²) >= 11 is 1.64. The van der Waals surface area contributed by atoms with Crippen LogP contribution in [0.15, 0.2) is 34.5 Å². The standard InChI is InChI=1S/C22H32FN7S/c1-15(2)14-30-20(28-29-22(30)31-4)6-5-10-25-21(24-3)26-11-9-16-13-27-19-8-7-17(23)12-18(16)19/h7-8,12-13,15,27H,5-6,9-11,14H2,1-4H3,(H2,24,25,26). The normalized spacial score (nSPS) is 12.1. The average Bonchev–Trinajstić information content (AvgIpc) is 3.32. The monoisotopic (exact) mass is 445 g/mol. The molecule has 168 valence electrons. The summed E-state index contributed by atoms with van der Waals surface area (Å²) in [6.07, 6.45) is 6.56. The van der Waals surface area contributed by atoms with Gasteiger partial charge in [0.25, 0.3) is 0 Å². The number of benzene rings is 1. The number of aromatic amines is 1. The van der Waals surface area contributed by atoms with Gasteiger partial charge in [-0.3, -0.25) is 4.99 Å². The van der Waals surface area contributed by atoms with Crippen molar-refractivity contribution in [3.05, 3.63) is 41.6 Å². The van der Waals surface area contributed by atoms with E-state index < -0.39 is 0 Å². The van der Waals surface area contributed by atoms with E-state index in [4.69, 9.17) is 0 Å². The zero-order valence-corrected chi connectivity index (χ0v) is 19.5. The average molecular weight is 446 g/mol. The maximum absolute atomic E-state index is 13.5. The number of aliphatic imine (C=N–C) groups is 1. The largest absolute Gasteiger partial charge is 0.361 e. The van der Waals surface area contributed by atoms with Crippen molar-refractivity contribution in [2.45, 2.75) is 44.8 Å². The predicted molar refractivity (Wildman–Crippen MR) is 126 cm³/mol. The van der Waals surface area contributed by atoms with Crippen LogP contribution in [0.3, 0.4) is 0 Å². The Kier molecular flexibility index (Phi) is 8.34. The molecule has 2 heterocycles. The highest BCUT2D eigenvalue weighted by molar-refractivity contribution is 7.98. The number of guanidine groups is 1. The third kappa shape index (κ3) is 6.22. The molecule has 0 saturated carbocycles. The molecule has 0 bridgehead atoms. The highest BCUT2D eigenvalue weighted by Gasteiger charge is 2.12. The fourth-order valence-electron chi connectivity index (χ4n) is 3.55. The molecule has 0 aliphatic heterocycles. The Bertz CT molecular complexity index is 1010. The molecule has 0 saturated heterocycles. The molecule has 0 amide bonds. The van der Waals surface area contributed by atoms with E-state index in [0.717, 1.165) is 65.8 Å². The molecule has 9 heteroatoms. The van der Waals surface area contributed by atoms with Gasteiger partial charge in [-0.2, -0.15) is 0 Å². The van der Waals surface area contributed by atoms with Gasteiger partial charge < -0.3 is 20.2 Å². The lowest BCUT2D eigenvalue weighted by Gasteiger charge is -2.13. The van der Waals surface area contributed by atoms with E-state index in [0.29, 0.717) is 12.5 Å². The van der Waals surface area contributed by atoms with E-state index in [-0.39, 0.29) is 5.82 Å². The quantitative estimate of drug-likeness (QED) is 0.192. The van der Waals surface area contributed by atoms with Crippen molar-refractivity contribution < 1.29 is 4.39 Å². The predicted octanol–water partition coefficient (Wildman–Crippen LogP) is 3.62. The van der Waals surface area contributed by atoms with Crippen LogP contribution in [-0.4, -0.2) is 52.1 Å². The number of nitrogens with zero attached hydrogens (tertiary/aromatic N) is 4. The van der Waals surface area contributed by atoms with E-state index in [9.17, 15) is 4.39 Å². The molecule has 0 radical (unpaired) electrons. The van der Waals surface area contributed by atoms with Crippen LogP contribution in [0.4, 0.5) is 4.39 Å². The molecule has 0 aliphatic carbocycles. The minimum absolute atomic E-state index is 0.215. The molecule has 3 N–H and O–H groups in total. The van der Waals surface area contributed by atoms with Gasteiger partial charge >= 0.3 is 0 Å². The number of aromatic nitrogens is 4. The van der Waals surface area contributed by atoms with Crippen molar-refractivity contribution in [3.8, 4) is 0 Å². The fraction of sp³-hybridized carbons (Fsp3) is 0.500. The van der Waals surface area contributed by atoms with E-state index >= 15 is 0 Å². The van der Waals surface area contributed by atoms with Crippen molar-refractivity contribution in [3.63, 3.8) is 0 Å². The van der Waals surface area contributed by atoms with Gasteiger partial charge in [0.2, 0.25) is 0 Å². The highest BCUT2D eigenvalue weighted by atomic mass is 32.2. The number of aryl methyl sites for hydroxylation is 1. The second-order valence-corrected chi connectivity index (χ2v) is 8.66. The molecule has 0 fully saturated rings. The number of nitrogens with one attached hydrogen (secondary N) is 3. The zero-order chi connectivity index (χ0) is 22.2. The molecule has 0 aliphatic rings. The second-order valence-electron chi connectivity index (χ2n) is 7.89. The molecule has 0 unspecified atom stereocenters. The summed E-state index contributed by atoms with van der Waals surface area (Å²) in [5.41, 5.74) is 2.04. The van der Waals surface area contributed by atoms with Crippen LogP contribution >= 0.6 is 11.8 Å². The SMILES string of the molecule is CN=C(NCCCc1nnc(SC)n1CC(C)C)NCCc1c[nH]c2ccc(F)cc12. The third-order valence-electron chi connectivity index (χ3n) is 5.03. The van der Waals surface area contributed by atoms with Gasteiger partial charge in [0, 0.05) is 50.2 Å². The van der Waals surface area contributed by atoms with Crippen LogP contribution in [0.5, 0.6) is 0 Å². The van der Waals surface area contributed by atoms with Gasteiger partial charge in [-0.25, -0.2) is 4.39 Å². The van der Waals surface area contributed by atoms with Gasteiger partial charge in [-0.1, -0.05) is 25.6 Å². The topological polar surface area (TPSA) is 82.9 Å². The summed E-state index contributed by atoms with van der Waals surface area (Å²) in [6.45, 7) is 6.85. The molecule has 1 aromatic carbocycles. The first-order valence-corrected chi connectivity index (χ1v) is 11.9. The van der Waals surface area contributed by atoms with E-state index in [1.165, 1.54) is 6.07 Å². The Labute approximate surface area is 187 Å². The molecule has 3 rings (SSSR count). The Hall–Kier alpha value is -2.55. The highest BCUT2D eigenvalue weighted by Crippen LogP contribution is 2.19. The van der Waals surface area contributed by atoms with Gasteiger partial charge in [-0.05, 0) is 48.8 Å². The molecule has 0 spiro atoms. The maximum atomic E-state index is 13.5. The first-order valence-electron chi connectivity index (χ1n) is 10.7. The fourth-order valence-corrected chi connectivity index (χ4v) is 4.07. The molecular weight excluding hydrogens is 413 g/mol. The lowest BCUT2D eigenvalue weighted by molar-refractivity contribution is 0.477. The van der Waals surface area contributed by atoms with Gasteiger partial charge in [0.15, 0.2) is 11.1 Å². The molecule has 31 heavy (non-hydrogen) atoms. The Morgan fingerprint density at radius 3 is 2.77 bits per heavy atom. The Morgan fingerprint density at radius 1 is 1.23 bits per heavy atom. The summed E-state index contributed by atoms with van der Waals surface area (Å²) in [4.78, 5) is 7.48. The molecule has 3 aromatic rings. The number of rotatable bonds is 10. The summed E-state index contributed by atoms with van der Waals surface area (Å²) in [5, 5.41) is 17.3. The molecule has 2 aromatic heterocycles. The zero-order valence-electron chi connectivity index (χ0n) is 18.7. The number of fused-ring (bicyclic) bond motifs is 1. The van der Waals surface area contributed by atoms with Crippen molar-refractivity contribution >= 4 is 28.6 Å². The smallest absolute Gasteiger partial charge is 0.190 e. The Morgan fingerprint density at radius 2 is 2.03 bits per heavy atom. The lowest BCUT2D eigenvalue weighted by atomic mass is 10.1. The summed E-state index contributed by atoms with van der Waals surface area (Å²) in [7, 11) is 1.76. The summed E-state index contributed by atoms with van der Waals surface area (Å²) in [6, 6.07) is 4.82. The van der Waals surface area contributed by atoms with Crippen molar-refractivity contribution in [2.75, 3.05) is 26.4 Å². The van der Waals surface area contributed by atoms with Crippen LogP contribution in [0.25, 0.3) is 10.9 Å². The molecule has 7 nitrogen and oxygen atoms in total. The first kappa shape index (κ1) is 23.1. The minimum atomic E-state index is -0.215. The maximum Gasteiger partial charge on any atom is 0.190 e. The number of thioether (sulfide) groups is 1. The number of hydrogen-bond acceptors (Lipinski definition) is 4. The van der Waals surface area contributed by atoms with Gasteiger partial charge in [0.05, 0.1) is 0 Å². The van der Waals surface area contributed by atoms with Crippen LogP contribution in [0.2, 0.25) is 0 Å². The van der Waals surface area contributed by atoms with Crippen LogP contribution < -0.4 is 10.6 Å². The van der Waals surface area contributed by atoms with E-state index in [1.807, 2.05) is 12.5 Å². The van der Waals surface area contributed by atoms with Crippen molar-refractivity contribution in [1.82, 2.24) is 30.4 Å². The third-order valence-corrected chi connectivity index (χ3v) is 5.70. The lowest BCUT2D eigenvalue weighted by Crippen LogP contribution is -2.38. The van der Waals surface area contributed by atoms with E-state index in [1.54, 1.807) is 30.9 Å². The summed E-state index contributed by atoms with van der Waals surface area (Å²) < 4.78 is 15.8. The number of hydrogen-bond donors (Lipinski definition) is 3. The van der Waals surface area contributed by atoms with Crippen LogP contribution in [0.1, 0.15) is 31.7 Å². The number of H-pyrrole nitrogens is 1. The second kappa shape index (κ2) is 11.2.